The molecule has 1 atom stereocenters. The van der Waals surface area contributed by atoms with E-state index in [0.29, 0.717) is 11.8 Å². The first-order valence-electron chi connectivity index (χ1n) is 6.44. The number of nitrogens with two attached hydrogens (primary N) is 1. The van der Waals surface area contributed by atoms with Gasteiger partial charge in [0.05, 0.1) is 0 Å². The smallest absolute Gasteiger partial charge is 0.0406 e. The van der Waals surface area contributed by atoms with Crippen LogP contribution in [-0.4, -0.2) is 5.54 Å². The molecule has 0 fully saturated rings. The van der Waals surface area contributed by atoms with Gasteiger partial charge >= 0.3 is 0 Å². The zero-order valence-corrected chi connectivity index (χ0v) is 12.6. The molecule has 2 N–H and O–H groups in total. The average Bonchev–Trinajstić information content (AvgIpc) is 2.25. The summed E-state index contributed by atoms with van der Waals surface area (Å²) in [5.41, 5.74) is 8.45. The highest BCUT2D eigenvalue weighted by molar-refractivity contribution is 6.30. The summed E-state index contributed by atoms with van der Waals surface area (Å²) >= 11 is 5.94. The summed E-state index contributed by atoms with van der Waals surface area (Å²) in [6.07, 6.45) is 0.894. The molecule has 1 aromatic rings. The van der Waals surface area contributed by atoms with E-state index in [1.165, 1.54) is 11.1 Å². The van der Waals surface area contributed by atoms with Crippen LogP contribution in [0.5, 0.6) is 0 Å². The maximum absolute atomic E-state index is 6.17. The molecule has 0 saturated heterocycles. The third-order valence-electron chi connectivity index (χ3n) is 3.19. The number of benzene rings is 1. The van der Waals surface area contributed by atoms with Gasteiger partial charge in [0.25, 0.3) is 0 Å². The summed E-state index contributed by atoms with van der Waals surface area (Å²) in [7, 11) is 0. The molecule has 1 aromatic carbocycles. The molecule has 0 amide bonds. The number of halogens is 1. The minimum Gasteiger partial charge on any atom is -0.326 e. The summed E-state index contributed by atoms with van der Waals surface area (Å²) in [6, 6.07) is 8.01. The van der Waals surface area contributed by atoms with E-state index < -0.39 is 0 Å². The Balaban J connectivity index is 3.04. The van der Waals surface area contributed by atoms with Crippen LogP contribution >= 0.6 is 11.6 Å². The fourth-order valence-corrected chi connectivity index (χ4v) is 2.21. The Labute approximate surface area is 116 Å². The first kappa shape index (κ1) is 15.3. The highest BCUT2D eigenvalue weighted by Crippen LogP contribution is 2.34. The van der Waals surface area contributed by atoms with E-state index in [-0.39, 0.29) is 5.54 Å². The Hall–Kier alpha value is -0.790. The number of hydrogen-bond donors (Lipinski definition) is 1. The minimum absolute atomic E-state index is 0.206. The lowest BCUT2D eigenvalue weighted by Crippen LogP contribution is -2.34. The van der Waals surface area contributed by atoms with Crippen LogP contribution in [0.4, 0.5) is 0 Å². The van der Waals surface area contributed by atoms with Gasteiger partial charge in [-0.05, 0) is 43.9 Å². The van der Waals surface area contributed by atoms with Gasteiger partial charge in [-0.15, -0.1) is 0 Å². The second-order valence-corrected chi connectivity index (χ2v) is 6.46. The Morgan fingerprint density at radius 2 is 1.78 bits per heavy atom. The minimum atomic E-state index is -0.206. The third kappa shape index (κ3) is 4.47. The maximum atomic E-state index is 6.17. The molecule has 0 aliphatic carbocycles. The molecule has 100 valence electrons. The molecule has 0 unspecified atom stereocenters. The quantitative estimate of drug-likeness (QED) is 0.763. The summed E-state index contributed by atoms with van der Waals surface area (Å²) in [6.45, 7) is 12.7. The van der Waals surface area contributed by atoms with Crippen LogP contribution in [0.2, 0.25) is 5.02 Å². The fraction of sp³-hybridized carbons (Fsp3) is 0.500. The van der Waals surface area contributed by atoms with Crippen LogP contribution < -0.4 is 5.73 Å². The van der Waals surface area contributed by atoms with Crippen LogP contribution in [0.3, 0.4) is 0 Å². The predicted octanol–water partition coefficient (Wildman–Crippen LogP) is 4.76. The van der Waals surface area contributed by atoms with Gasteiger partial charge < -0.3 is 5.73 Å². The van der Waals surface area contributed by atoms with Crippen LogP contribution in [0.1, 0.15) is 45.6 Å². The standard InChI is InChI=1S/C16H24ClN/c1-11(2)12(3)15(10-16(4,5)18)13-6-8-14(17)9-7-13/h6-9,11,15H,3,10,18H2,1-2,4-5H3/t15-/m0/s1. The molecular formula is C16H24ClN. The highest BCUT2D eigenvalue weighted by Gasteiger charge is 2.24. The molecule has 0 spiro atoms. The summed E-state index contributed by atoms with van der Waals surface area (Å²) in [5, 5.41) is 0.764. The van der Waals surface area contributed by atoms with E-state index in [4.69, 9.17) is 17.3 Å². The van der Waals surface area contributed by atoms with Gasteiger partial charge in [0, 0.05) is 16.5 Å². The van der Waals surface area contributed by atoms with Crippen molar-refractivity contribution in [3.8, 4) is 0 Å². The van der Waals surface area contributed by atoms with Crippen molar-refractivity contribution >= 4 is 11.6 Å². The molecule has 0 aromatic heterocycles. The number of rotatable bonds is 5. The molecule has 0 aliphatic heterocycles. The molecule has 0 radical (unpaired) electrons. The SMILES string of the molecule is C=C(C(C)C)[C@H](CC(C)(C)N)c1ccc(Cl)cc1. The normalized spacial score (nSPS) is 13.7. The van der Waals surface area contributed by atoms with Crippen LogP contribution in [0.15, 0.2) is 36.4 Å². The van der Waals surface area contributed by atoms with Gasteiger partial charge in [0.2, 0.25) is 0 Å². The van der Waals surface area contributed by atoms with Gasteiger partial charge in [0.1, 0.15) is 0 Å². The monoisotopic (exact) mass is 265 g/mol. The van der Waals surface area contributed by atoms with Gasteiger partial charge in [-0.2, -0.15) is 0 Å². The topological polar surface area (TPSA) is 26.0 Å². The van der Waals surface area contributed by atoms with E-state index in [1.54, 1.807) is 0 Å². The van der Waals surface area contributed by atoms with E-state index >= 15 is 0 Å². The van der Waals surface area contributed by atoms with Crippen molar-refractivity contribution in [1.29, 1.82) is 0 Å². The molecule has 0 saturated carbocycles. The van der Waals surface area contributed by atoms with Crippen LogP contribution in [0.25, 0.3) is 0 Å². The molecule has 0 heterocycles. The largest absolute Gasteiger partial charge is 0.326 e. The van der Waals surface area contributed by atoms with E-state index in [9.17, 15) is 0 Å². The summed E-state index contributed by atoms with van der Waals surface area (Å²) in [5.74, 6) is 0.746. The lowest BCUT2D eigenvalue weighted by atomic mass is 9.78. The third-order valence-corrected chi connectivity index (χ3v) is 3.44. The van der Waals surface area contributed by atoms with Gasteiger partial charge in [-0.25, -0.2) is 0 Å². The van der Waals surface area contributed by atoms with Gasteiger partial charge in [-0.3, -0.25) is 0 Å². The van der Waals surface area contributed by atoms with Crippen LogP contribution in [0, 0.1) is 5.92 Å². The van der Waals surface area contributed by atoms with E-state index in [2.05, 4.69) is 46.4 Å². The van der Waals surface area contributed by atoms with Crippen molar-refractivity contribution in [2.45, 2.75) is 45.6 Å². The van der Waals surface area contributed by atoms with Gasteiger partial charge in [0.15, 0.2) is 0 Å². The van der Waals surface area contributed by atoms with Crippen molar-refractivity contribution < 1.29 is 0 Å². The zero-order valence-electron chi connectivity index (χ0n) is 11.8. The maximum Gasteiger partial charge on any atom is 0.0406 e. The Kier molecular flexibility index (Phi) is 5.01. The summed E-state index contributed by atoms with van der Waals surface area (Å²) in [4.78, 5) is 0. The molecule has 2 heteroatoms. The van der Waals surface area contributed by atoms with Crippen molar-refractivity contribution in [2.75, 3.05) is 0 Å². The zero-order chi connectivity index (χ0) is 13.9. The van der Waals surface area contributed by atoms with Crippen molar-refractivity contribution in [2.24, 2.45) is 11.7 Å². The molecule has 1 nitrogen and oxygen atoms in total. The Bertz CT molecular complexity index is 398. The number of hydrogen-bond acceptors (Lipinski definition) is 1. The molecule has 1 rings (SSSR count). The second kappa shape index (κ2) is 5.90. The molecule has 0 aliphatic rings. The summed E-state index contributed by atoms with van der Waals surface area (Å²) < 4.78 is 0. The van der Waals surface area contributed by atoms with Crippen molar-refractivity contribution in [3.05, 3.63) is 47.0 Å². The second-order valence-electron chi connectivity index (χ2n) is 6.03. The first-order chi connectivity index (χ1) is 8.20. The lowest BCUT2D eigenvalue weighted by molar-refractivity contribution is 0.433. The van der Waals surface area contributed by atoms with Crippen LogP contribution in [-0.2, 0) is 0 Å². The van der Waals surface area contributed by atoms with Crippen molar-refractivity contribution in [3.63, 3.8) is 0 Å². The molecule has 18 heavy (non-hydrogen) atoms. The Morgan fingerprint density at radius 3 is 2.17 bits per heavy atom. The average molecular weight is 266 g/mol. The van der Waals surface area contributed by atoms with Gasteiger partial charge in [-0.1, -0.05) is 49.7 Å². The van der Waals surface area contributed by atoms with E-state index in [1.807, 2.05) is 12.1 Å². The molecule has 0 bridgehead atoms. The van der Waals surface area contributed by atoms with E-state index in [0.717, 1.165) is 11.4 Å². The lowest BCUT2D eigenvalue weighted by Gasteiger charge is -2.29. The van der Waals surface area contributed by atoms with Crippen molar-refractivity contribution in [1.82, 2.24) is 0 Å². The highest BCUT2D eigenvalue weighted by atomic mass is 35.5. The first-order valence-corrected chi connectivity index (χ1v) is 6.81. The fourth-order valence-electron chi connectivity index (χ4n) is 2.09. The predicted molar refractivity (Wildman–Crippen MR) is 81.1 cm³/mol. The molecular weight excluding hydrogens is 242 g/mol. The Morgan fingerprint density at radius 1 is 1.28 bits per heavy atom. The number of allylic oxidation sites excluding steroid dienone is 1.